The molecular weight excluding hydrogens is 410 g/mol. The number of nitrogens with two attached hydrogens (primary N) is 1. The molecule has 158 valence electrons. The van der Waals surface area contributed by atoms with Gasteiger partial charge in [0.25, 0.3) is 5.91 Å². The third kappa shape index (κ3) is 4.62. The fraction of sp³-hybridized carbons (Fsp3) is 0.381. The molecule has 1 aliphatic heterocycles. The van der Waals surface area contributed by atoms with Crippen molar-refractivity contribution in [1.82, 2.24) is 9.97 Å². The standard InChI is InChI=1S/C21H22F2N4O2S/c22-15-2-1-3-16(23)19(15)18-8-12(10-30-18)20(28)27-17-9-25-11-26-21(17)29-14-6-4-13(24)5-7-14/h1-3,9-11,13-14,18H,4-8,24H2,(H,27,28). The van der Waals surface area contributed by atoms with Gasteiger partial charge in [0.15, 0.2) is 0 Å². The van der Waals surface area contributed by atoms with Crippen LogP contribution in [0.5, 0.6) is 5.88 Å². The third-order valence-corrected chi connectivity index (χ3v) is 6.47. The van der Waals surface area contributed by atoms with Gasteiger partial charge in [0, 0.05) is 22.4 Å². The summed E-state index contributed by atoms with van der Waals surface area (Å²) in [6.45, 7) is 0. The number of benzene rings is 1. The Labute approximate surface area is 177 Å². The van der Waals surface area contributed by atoms with E-state index in [9.17, 15) is 13.6 Å². The van der Waals surface area contributed by atoms with E-state index in [1.807, 2.05) is 0 Å². The van der Waals surface area contributed by atoms with Gasteiger partial charge in [-0.1, -0.05) is 6.07 Å². The molecule has 1 fully saturated rings. The number of carbonyl (C=O) groups is 1. The summed E-state index contributed by atoms with van der Waals surface area (Å²) >= 11 is 1.23. The Morgan fingerprint density at radius 1 is 1.20 bits per heavy atom. The molecule has 0 saturated heterocycles. The smallest absolute Gasteiger partial charge is 0.252 e. The normalized spacial score (nSPS) is 23.7. The lowest BCUT2D eigenvalue weighted by Crippen LogP contribution is -2.32. The fourth-order valence-electron chi connectivity index (χ4n) is 3.66. The van der Waals surface area contributed by atoms with Crippen molar-refractivity contribution in [2.75, 3.05) is 5.32 Å². The Bertz CT molecular complexity index is 944. The van der Waals surface area contributed by atoms with Gasteiger partial charge in [0.1, 0.15) is 29.8 Å². The van der Waals surface area contributed by atoms with Gasteiger partial charge in [0.05, 0.1) is 6.20 Å². The van der Waals surface area contributed by atoms with Crippen LogP contribution in [-0.4, -0.2) is 28.0 Å². The zero-order valence-corrected chi connectivity index (χ0v) is 17.0. The maximum absolute atomic E-state index is 14.1. The molecule has 1 amide bonds. The maximum atomic E-state index is 14.1. The summed E-state index contributed by atoms with van der Waals surface area (Å²) in [5.74, 6) is -1.28. The largest absolute Gasteiger partial charge is 0.473 e. The van der Waals surface area contributed by atoms with Gasteiger partial charge in [-0.15, -0.1) is 11.8 Å². The summed E-state index contributed by atoms with van der Waals surface area (Å²) < 4.78 is 34.1. The first kappa shape index (κ1) is 20.7. The number of rotatable bonds is 5. The van der Waals surface area contributed by atoms with Crippen LogP contribution >= 0.6 is 11.8 Å². The Balaban J connectivity index is 1.41. The van der Waals surface area contributed by atoms with Crippen molar-refractivity contribution in [1.29, 1.82) is 0 Å². The van der Waals surface area contributed by atoms with Crippen LogP contribution in [0.4, 0.5) is 14.5 Å². The zero-order valence-electron chi connectivity index (χ0n) is 16.2. The quantitative estimate of drug-likeness (QED) is 0.739. The molecule has 0 radical (unpaired) electrons. The number of hydrogen-bond donors (Lipinski definition) is 2. The Morgan fingerprint density at radius 3 is 2.67 bits per heavy atom. The molecule has 1 unspecified atom stereocenters. The van der Waals surface area contributed by atoms with Crippen molar-refractivity contribution in [3.05, 3.63) is 58.9 Å². The Morgan fingerprint density at radius 2 is 1.93 bits per heavy atom. The van der Waals surface area contributed by atoms with E-state index in [1.54, 1.807) is 5.41 Å². The molecule has 3 N–H and O–H groups in total. The summed E-state index contributed by atoms with van der Waals surface area (Å²) in [6, 6.07) is 3.97. The Hall–Kier alpha value is -2.52. The summed E-state index contributed by atoms with van der Waals surface area (Å²) in [4.78, 5) is 20.9. The molecule has 1 aromatic heterocycles. The van der Waals surface area contributed by atoms with E-state index in [0.29, 0.717) is 17.1 Å². The van der Waals surface area contributed by atoms with Gasteiger partial charge in [-0.2, -0.15) is 4.98 Å². The van der Waals surface area contributed by atoms with E-state index < -0.39 is 16.9 Å². The van der Waals surface area contributed by atoms with Crippen LogP contribution in [-0.2, 0) is 4.79 Å². The first-order valence-corrected chi connectivity index (χ1v) is 10.8. The molecule has 4 rings (SSSR count). The van der Waals surface area contributed by atoms with Crippen LogP contribution in [0, 0.1) is 11.6 Å². The van der Waals surface area contributed by atoms with Crippen molar-refractivity contribution in [2.45, 2.75) is 49.5 Å². The minimum Gasteiger partial charge on any atom is -0.473 e. The van der Waals surface area contributed by atoms with E-state index in [4.69, 9.17) is 10.5 Å². The van der Waals surface area contributed by atoms with E-state index >= 15 is 0 Å². The molecule has 6 nitrogen and oxygen atoms in total. The molecule has 2 aliphatic rings. The van der Waals surface area contributed by atoms with Gasteiger partial charge in [-0.3, -0.25) is 4.79 Å². The van der Waals surface area contributed by atoms with Crippen molar-refractivity contribution >= 4 is 23.4 Å². The summed E-state index contributed by atoms with van der Waals surface area (Å²) in [5, 5.41) is 3.92. The lowest BCUT2D eigenvalue weighted by molar-refractivity contribution is -0.113. The molecule has 1 aromatic carbocycles. The number of halogens is 2. The van der Waals surface area contributed by atoms with Gasteiger partial charge in [-0.25, -0.2) is 13.8 Å². The molecule has 0 spiro atoms. The number of amides is 1. The van der Waals surface area contributed by atoms with Crippen molar-refractivity contribution in [3.8, 4) is 5.88 Å². The number of hydrogen-bond acceptors (Lipinski definition) is 6. The maximum Gasteiger partial charge on any atom is 0.252 e. The summed E-state index contributed by atoms with van der Waals surface area (Å²) in [5.41, 5.74) is 6.73. The van der Waals surface area contributed by atoms with Gasteiger partial charge < -0.3 is 15.8 Å². The van der Waals surface area contributed by atoms with Crippen molar-refractivity contribution in [3.63, 3.8) is 0 Å². The summed E-state index contributed by atoms with van der Waals surface area (Å²) in [7, 11) is 0. The number of nitrogens with zero attached hydrogens (tertiary/aromatic N) is 2. The highest BCUT2D eigenvalue weighted by molar-refractivity contribution is 8.02. The minimum absolute atomic E-state index is 0.00925. The number of anilines is 1. The molecule has 1 atom stereocenters. The number of thioether (sulfide) groups is 1. The van der Waals surface area contributed by atoms with Crippen LogP contribution in [0.25, 0.3) is 0 Å². The average molecular weight is 432 g/mol. The summed E-state index contributed by atoms with van der Waals surface area (Å²) in [6.07, 6.45) is 6.48. The molecule has 2 heterocycles. The Kier molecular flexibility index (Phi) is 6.29. The molecule has 9 heteroatoms. The monoisotopic (exact) mass is 432 g/mol. The molecule has 1 aliphatic carbocycles. The van der Waals surface area contributed by atoms with Crippen LogP contribution in [0.3, 0.4) is 0 Å². The topological polar surface area (TPSA) is 90.1 Å². The van der Waals surface area contributed by atoms with Crippen molar-refractivity contribution < 1.29 is 18.3 Å². The lowest BCUT2D eigenvalue weighted by atomic mass is 9.94. The van der Waals surface area contributed by atoms with E-state index in [2.05, 4.69) is 15.3 Å². The van der Waals surface area contributed by atoms with E-state index in [-0.39, 0.29) is 30.0 Å². The average Bonchev–Trinajstić information content (AvgIpc) is 3.21. The van der Waals surface area contributed by atoms with Crippen LogP contribution in [0.15, 0.2) is 41.7 Å². The fourth-order valence-corrected chi connectivity index (χ4v) is 4.83. The van der Waals surface area contributed by atoms with Gasteiger partial charge in [-0.05, 0) is 49.6 Å². The SMILES string of the molecule is NC1CCC(Oc2ncncc2NC(=O)C2=CSC(c3c(F)cccc3F)C2)CC1. The third-order valence-electron chi connectivity index (χ3n) is 5.31. The van der Waals surface area contributed by atoms with Crippen LogP contribution in [0.1, 0.15) is 42.9 Å². The van der Waals surface area contributed by atoms with Crippen LogP contribution < -0.4 is 15.8 Å². The molecule has 1 saturated carbocycles. The number of ether oxygens (including phenoxy) is 1. The van der Waals surface area contributed by atoms with Crippen molar-refractivity contribution in [2.24, 2.45) is 5.73 Å². The van der Waals surface area contributed by atoms with E-state index in [0.717, 1.165) is 25.7 Å². The second-order valence-corrected chi connectivity index (χ2v) is 8.53. The number of nitrogens with one attached hydrogen (secondary N) is 1. The first-order valence-electron chi connectivity index (χ1n) is 9.83. The lowest BCUT2D eigenvalue weighted by Gasteiger charge is -2.26. The van der Waals surface area contributed by atoms with E-state index in [1.165, 1.54) is 42.5 Å². The second-order valence-electron chi connectivity index (χ2n) is 7.46. The highest BCUT2D eigenvalue weighted by atomic mass is 32.2. The van der Waals surface area contributed by atoms with Crippen LogP contribution in [0.2, 0.25) is 0 Å². The molecule has 2 aromatic rings. The molecular formula is C21H22F2N4O2S. The first-order chi connectivity index (χ1) is 14.5. The molecule has 30 heavy (non-hydrogen) atoms. The second kappa shape index (κ2) is 9.09. The van der Waals surface area contributed by atoms with Gasteiger partial charge in [0.2, 0.25) is 5.88 Å². The highest BCUT2D eigenvalue weighted by Crippen LogP contribution is 2.44. The predicted octanol–water partition coefficient (Wildman–Crippen LogP) is 4.10. The highest BCUT2D eigenvalue weighted by Gasteiger charge is 2.29. The predicted molar refractivity (Wildman–Crippen MR) is 111 cm³/mol. The molecule has 0 bridgehead atoms. The van der Waals surface area contributed by atoms with Gasteiger partial charge >= 0.3 is 0 Å². The zero-order chi connectivity index (χ0) is 21.1. The minimum atomic E-state index is -0.609. The number of aromatic nitrogens is 2. The number of carbonyl (C=O) groups excluding carboxylic acids is 1.